The second-order valence-corrected chi connectivity index (χ2v) is 19.3. The third-order valence-corrected chi connectivity index (χ3v) is 10.7. The van der Waals surface area contributed by atoms with Crippen molar-refractivity contribution >= 4 is 0 Å². The summed E-state index contributed by atoms with van der Waals surface area (Å²) in [6.45, 7) is 34.6. The van der Waals surface area contributed by atoms with E-state index in [2.05, 4.69) is 193 Å². The van der Waals surface area contributed by atoms with Crippen molar-refractivity contribution in [3.05, 3.63) is 235 Å². The lowest BCUT2D eigenvalue weighted by atomic mass is 10.0. The molecule has 0 radical (unpaired) electrons. The van der Waals surface area contributed by atoms with Crippen molar-refractivity contribution in [2.24, 2.45) is 0 Å². The molecule has 8 nitrogen and oxygen atoms in total. The SMILES string of the molecule is CC(C)c1ccccc1.CC(C)c1ccccn1.CC(C)c1cccnc1.CC(C)c1cccnc1.CC(C)c1cccnc1.CC(C)c1ccncc1.CC(C)c1ccncc1.CC(C)c1cnc[nH]1. The molecular weight excluding hydrogens is 869 g/mol. The smallest absolute Gasteiger partial charge is 0.0921 e. The van der Waals surface area contributed by atoms with Gasteiger partial charge in [0.05, 0.1) is 6.33 Å². The van der Waals surface area contributed by atoms with Crippen LogP contribution in [0.4, 0.5) is 0 Å². The van der Waals surface area contributed by atoms with Crippen LogP contribution in [0.2, 0.25) is 0 Å². The van der Waals surface area contributed by atoms with E-state index in [0.717, 1.165) is 5.69 Å². The quantitative estimate of drug-likeness (QED) is 0.162. The van der Waals surface area contributed by atoms with Crippen LogP contribution in [0.1, 0.15) is 203 Å². The van der Waals surface area contributed by atoms with Crippen LogP contribution in [-0.4, -0.2) is 39.9 Å². The Morgan fingerprint density at radius 1 is 0.268 bits per heavy atom. The van der Waals surface area contributed by atoms with Crippen LogP contribution in [0.3, 0.4) is 0 Å². The molecule has 0 aliphatic rings. The van der Waals surface area contributed by atoms with Crippen molar-refractivity contribution in [2.45, 2.75) is 158 Å². The van der Waals surface area contributed by atoms with E-state index in [-0.39, 0.29) is 0 Å². The molecule has 0 saturated heterocycles. The number of aromatic amines is 1. The number of imidazole rings is 1. The van der Waals surface area contributed by atoms with E-state index in [1.54, 1.807) is 24.9 Å². The molecular formula is C63H88N8. The molecule has 8 rings (SSSR count). The summed E-state index contributed by atoms with van der Waals surface area (Å²) in [5, 5.41) is 0. The molecule has 0 unspecified atom stereocenters. The van der Waals surface area contributed by atoms with Crippen LogP contribution in [0.15, 0.2) is 190 Å². The number of rotatable bonds is 8. The Morgan fingerprint density at radius 3 is 0.817 bits per heavy atom. The minimum atomic E-state index is 0.547. The van der Waals surface area contributed by atoms with Gasteiger partial charge in [0.15, 0.2) is 0 Å². The lowest BCUT2D eigenvalue weighted by Gasteiger charge is -2.01. The number of nitrogens with zero attached hydrogens (tertiary/aromatic N) is 7. The molecule has 0 spiro atoms. The van der Waals surface area contributed by atoms with E-state index in [1.807, 2.05) is 123 Å². The van der Waals surface area contributed by atoms with E-state index in [9.17, 15) is 0 Å². The molecule has 7 aromatic heterocycles. The Bertz CT molecular complexity index is 1910. The highest BCUT2D eigenvalue weighted by molar-refractivity contribution is 5.18. The van der Waals surface area contributed by atoms with E-state index in [1.165, 1.54) is 39.1 Å². The zero-order chi connectivity index (χ0) is 52.8. The maximum absolute atomic E-state index is 4.18. The van der Waals surface area contributed by atoms with Crippen molar-refractivity contribution in [1.29, 1.82) is 0 Å². The summed E-state index contributed by atoms with van der Waals surface area (Å²) in [5.74, 6) is 4.80. The highest BCUT2D eigenvalue weighted by Gasteiger charge is 1.99. The van der Waals surface area contributed by atoms with E-state index in [4.69, 9.17) is 0 Å². The first-order valence-electron chi connectivity index (χ1n) is 25.4. The average Bonchev–Trinajstić information content (AvgIpc) is 3.96. The van der Waals surface area contributed by atoms with Gasteiger partial charge in [-0.1, -0.05) is 165 Å². The van der Waals surface area contributed by atoms with Gasteiger partial charge in [-0.25, -0.2) is 4.98 Å². The van der Waals surface area contributed by atoms with Gasteiger partial charge in [0.2, 0.25) is 0 Å². The van der Waals surface area contributed by atoms with E-state index < -0.39 is 0 Å². The molecule has 7 heterocycles. The van der Waals surface area contributed by atoms with Gasteiger partial charge in [-0.2, -0.15) is 0 Å². The number of hydrogen-bond acceptors (Lipinski definition) is 7. The molecule has 1 aromatic carbocycles. The van der Waals surface area contributed by atoms with Crippen LogP contribution >= 0.6 is 0 Å². The number of pyridine rings is 6. The molecule has 0 aliphatic heterocycles. The number of nitrogens with one attached hydrogen (secondary N) is 1. The van der Waals surface area contributed by atoms with E-state index >= 15 is 0 Å². The minimum Gasteiger partial charge on any atom is -0.348 e. The number of hydrogen-bond donors (Lipinski definition) is 1. The summed E-state index contributed by atoms with van der Waals surface area (Å²) in [7, 11) is 0. The summed E-state index contributed by atoms with van der Waals surface area (Å²) in [4.78, 5) is 31.0. The summed E-state index contributed by atoms with van der Waals surface area (Å²) in [6, 6.07) is 36.9. The monoisotopic (exact) mass is 957 g/mol. The van der Waals surface area contributed by atoms with Crippen molar-refractivity contribution in [1.82, 2.24) is 39.9 Å². The van der Waals surface area contributed by atoms with Crippen LogP contribution in [0.25, 0.3) is 0 Å². The highest BCUT2D eigenvalue weighted by atomic mass is 14.9. The summed E-state index contributed by atoms with van der Waals surface area (Å²) >= 11 is 0. The molecule has 0 fully saturated rings. The molecule has 8 heteroatoms. The first kappa shape index (κ1) is 62.3. The van der Waals surface area contributed by atoms with Gasteiger partial charge in [-0.05, 0) is 135 Å². The molecule has 0 aliphatic carbocycles. The first-order chi connectivity index (χ1) is 33.9. The molecule has 0 atom stereocenters. The molecule has 0 amide bonds. The van der Waals surface area contributed by atoms with E-state index in [0.29, 0.717) is 47.3 Å². The topological polar surface area (TPSA) is 106 Å². The summed E-state index contributed by atoms with van der Waals surface area (Å²) < 4.78 is 0. The van der Waals surface area contributed by atoms with Gasteiger partial charge in [-0.3, -0.25) is 29.9 Å². The van der Waals surface area contributed by atoms with Crippen LogP contribution in [0.5, 0.6) is 0 Å². The van der Waals surface area contributed by atoms with Crippen LogP contribution in [0, 0.1) is 0 Å². The predicted octanol–water partition coefficient (Wildman–Crippen LogP) is 17.6. The number of benzene rings is 1. The second-order valence-electron chi connectivity index (χ2n) is 19.3. The van der Waals surface area contributed by atoms with Gasteiger partial charge in [0.25, 0.3) is 0 Å². The molecule has 0 bridgehead atoms. The fourth-order valence-corrected chi connectivity index (χ4v) is 5.79. The molecule has 71 heavy (non-hydrogen) atoms. The second kappa shape index (κ2) is 38.1. The Kier molecular flexibility index (Phi) is 33.5. The molecule has 0 saturated carbocycles. The Labute approximate surface area is 430 Å². The zero-order valence-electron chi connectivity index (χ0n) is 46.1. The fourth-order valence-electron chi connectivity index (χ4n) is 5.79. The van der Waals surface area contributed by atoms with Gasteiger partial charge in [0.1, 0.15) is 0 Å². The Balaban J connectivity index is 0.000000406. The maximum atomic E-state index is 4.18. The minimum absolute atomic E-state index is 0.547. The number of H-pyrrole nitrogens is 1. The van der Waals surface area contributed by atoms with Gasteiger partial charge >= 0.3 is 0 Å². The number of aromatic nitrogens is 8. The van der Waals surface area contributed by atoms with Crippen LogP contribution < -0.4 is 0 Å². The predicted molar refractivity (Wildman–Crippen MR) is 303 cm³/mol. The molecule has 1 N–H and O–H groups in total. The summed E-state index contributed by atoms with van der Waals surface area (Å²) in [6.07, 6.45) is 23.8. The van der Waals surface area contributed by atoms with Crippen molar-refractivity contribution in [3.8, 4) is 0 Å². The lowest BCUT2D eigenvalue weighted by molar-refractivity contribution is 0.823. The maximum Gasteiger partial charge on any atom is 0.0921 e. The molecule has 380 valence electrons. The standard InChI is InChI=1S/C9H12.6C8H11N.C6H10N2/c1-8(2)9-6-4-3-5-7-9;2*1-7(2)8-3-5-9-6-4-8;3*1-7(2)8-4-3-5-9-6-8;1-7(2)8-5-3-4-6-9-8;1-5(2)6-3-7-4-8-6/h3-8H,1-2H3;6*3-7H,1-2H3;3-5H,1-2H3,(H,7,8). The third-order valence-electron chi connectivity index (χ3n) is 10.7. The fraction of sp³-hybridized carbons (Fsp3) is 0.381. The normalized spacial score (nSPS) is 10.1. The largest absolute Gasteiger partial charge is 0.348 e. The van der Waals surface area contributed by atoms with Crippen molar-refractivity contribution < 1.29 is 0 Å². The Hall–Kier alpha value is -6.67. The highest BCUT2D eigenvalue weighted by Crippen LogP contribution is 2.15. The van der Waals surface area contributed by atoms with Gasteiger partial charge < -0.3 is 4.98 Å². The van der Waals surface area contributed by atoms with Crippen molar-refractivity contribution in [2.75, 3.05) is 0 Å². The van der Waals surface area contributed by atoms with Crippen LogP contribution in [-0.2, 0) is 0 Å². The Morgan fingerprint density at radius 2 is 0.620 bits per heavy atom. The first-order valence-corrected chi connectivity index (χ1v) is 25.4. The lowest BCUT2D eigenvalue weighted by Crippen LogP contribution is -1.88. The summed E-state index contributed by atoms with van der Waals surface area (Å²) in [5.41, 5.74) is 10.4. The van der Waals surface area contributed by atoms with Crippen molar-refractivity contribution in [3.63, 3.8) is 0 Å². The third kappa shape index (κ3) is 30.5. The average molecular weight is 957 g/mol. The molecule has 8 aromatic rings. The zero-order valence-corrected chi connectivity index (χ0v) is 46.1. The van der Waals surface area contributed by atoms with Gasteiger partial charge in [0, 0.05) is 85.7 Å². The van der Waals surface area contributed by atoms with Gasteiger partial charge in [-0.15, -0.1) is 0 Å².